The number of alkyl halides is 3. The van der Waals surface area contributed by atoms with Gasteiger partial charge in [-0.3, -0.25) is 9.59 Å². The average molecular weight is 379 g/mol. The third-order valence-electron chi connectivity index (χ3n) is 3.79. The monoisotopic (exact) mass is 379 g/mol. The maximum absolute atomic E-state index is 12.3. The van der Waals surface area contributed by atoms with Gasteiger partial charge in [0.1, 0.15) is 16.8 Å². The number of amides is 1. The van der Waals surface area contributed by atoms with Gasteiger partial charge < -0.3 is 19.3 Å². The number of nitrogens with one attached hydrogen (secondary N) is 2. The van der Waals surface area contributed by atoms with Crippen LogP contribution in [0.3, 0.4) is 0 Å². The number of halogens is 3. The van der Waals surface area contributed by atoms with E-state index in [-0.39, 0.29) is 36.2 Å². The predicted molar refractivity (Wildman–Crippen MR) is 88.0 cm³/mol. The summed E-state index contributed by atoms with van der Waals surface area (Å²) in [6.07, 6.45) is -2.31. The van der Waals surface area contributed by atoms with Crippen LogP contribution in [0.2, 0.25) is 0 Å². The first-order chi connectivity index (χ1) is 12.8. The molecule has 0 spiro atoms. The highest BCUT2D eigenvalue weighted by Crippen LogP contribution is 2.38. The lowest BCUT2D eigenvalue weighted by Gasteiger charge is -2.11. The molecular weight excluding hydrogens is 367 g/mol. The molecule has 0 aliphatic carbocycles. The van der Waals surface area contributed by atoms with E-state index in [0.717, 1.165) is 0 Å². The van der Waals surface area contributed by atoms with Crippen molar-refractivity contribution in [3.63, 3.8) is 0 Å². The smallest absolute Gasteiger partial charge is 0.464 e. The summed E-state index contributed by atoms with van der Waals surface area (Å²) in [6.45, 7) is 7.23. The quantitative estimate of drug-likeness (QED) is 0.526. The SMILES string of the molecule is [C-]#[N+]c1c(-c2ccco2)n(CCCNC(=O)C(F)(F)F)c2c(=O)[nH]cnc12. The van der Waals surface area contributed by atoms with Gasteiger partial charge in [-0.05, 0) is 18.6 Å². The molecule has 140 valence electrons. The van der Waals surface area contributed by atoms with E-state index in [1.165, 1.54) is 17.2 Å². The molecule has 0 fully saturated rings. The van der Waals surface area contributed by atoms with Crippen molar-refractivity contribution in [3.8, 4) is 11.5 Å². The molecule has 1 amide bonds. The number of carbonyl (C=O) groups excluding carboxylic acids is 1. The van der Waals surface area contributed by atoms with Crippen molar-refractivity contribution in [2.75, 3.05) is 6.54 Å². The standard InChI is InChI=1S/C16H12F3N5O3/c1-20-10-11-13(14(25)23-8-22-11)24(12(10)9-4-2-7-27-9)6-3-5-21-15(26)16(17,18)19/h2,4,7-8H,3,5-6H2,(H,21,26)(H,22,23,25). The van der Waals surface area contributed by atoms with Gasteiger partial charge >= 0.3 is 12.1 Å². The molecule has 27 heavy (non-hydrogen) atoms. The van der Waals surface area contributed by atoms with E-state index in [1.54, 1.807) is 17.4 Å². The summed E-state index contributed by atoms with van der Waals surface area (Å²) in [5.41, 5.74) is 0.181. The average Bonchev–Trinajstić information content (AvgIpc) is 3.23. The van der Waals surface area contributed by atoms with Crippen LogP contribution in [-0.4, -0.2) is 33.2 Å². The van der Waals surface area contributed by atoms with Crippen LogP contribution < -0.4 is 10.9 Å². The van der Waals surface area contributed by atoms with Gasteiger partial charge in [0.15, 0.2) is 0 Å². The minimum Gasteiger partial charge on any atom is -0.464 e. The van der Waals surface area contributed by atoms with Gasteiger partial charge in [-0.2, -0.15) is 13.2 Å². The highest BCUT2D eigenvalue weighted by atomic mass is 19.4. The second-order valence-corrected chi connectivity index (χ2v) is 5.47. The van der Waals surface area contributed by atoms with E-state index in [9.17, 15) is 22.8 Å². The number of aromatic nitrogens is 3. The number of nitrogens with zero attached hydrogens (tertiary/aromatic N) is 3. The van der Waals surface area contributed by atoms with E-state index in [0.29, 0.717) is 11.5 Å². The molecule has 0 aromatic carbocycles. The fraction of sp³-hybridized carbons (Fsp3) is 0.250. The zero-order valence-corrected chi connectivity index (χ0v) is 13.6. The number of H-pyrrole nitrogens is 1. The van der Waals surface area contributed by atoms with Crippen LogP contribution in [0.25, 0.3) is 27.3 Å². The molecule has 3 aromatic heterocycles. The Kier molecular flexibility index (Phi) is 4.72. The Bertz CT molecular complexity index is 1070. The van der Waals surface area contributed by atoms with Crippen molar-refractivity contribution in [2.24, 2.45) is 0 Å². The molecule has 3 aromatic rings. The van der Waals surface area contributed by atoms with Gasteiger partial charge in [-0.15, -0.1) is 0 Å². The molecule has 3 heterocycles. The Morgan fingerprint density at radius 1 is 1.44 bits per heavy atom. The lowest BCUT2D eigenvalue weighted by Crippen LogP contribution is -2.37. The number of hydrogen-bond donors (Lipinski definition) is 2. The highest BCUT2D eigenvalue weighted by Gasteiger charge is 2.38. The van der Waals surface area contributed by atoms with E-state index in [1.807, 2.05) is 0 Å². The third kappa shape index (κ3) is 3.41. The molecular formula is C16H12F3N5O3. The minimum atomic E-state index is -4.96. The normalized spacial score (nSPS) is 11.5. The summed E-state index contributed by atoms with van der Waals surface area (Å²) in [4.78, 5) is 33.0. The molecule has 11 heteroatoms. The largest absolute Gasteiger partial charge is 0.471 e. The third-order valence-corrected chi connectivity index (χ3v) is 3.79. The molecule has 0 aliphatic heterocycles. The van der Waals surface area contributed by atoms with Gasteiger partial charge in [-0.25, -0.2) is 9.83 Å². The molecule has 0 atom stereocenters. The van der Waals surface area contributed by atoms with Crippen LogP contribution in [-0.2, 0) is 11.3 Å². The maximum atomic E-state index is 12.3. The van der Waals surface area contributed by atoms with Crippen LogP contribution in [0.1, 0.15) is 6.42 Å². The Hall–Kier alpha value is -3.55. The summed E-state index contributed by atoms with van der Waals surface area (Å²) in [6, 6.07) is 3.20. The summed E-state index contributed by atoms with van der Waals surface area (Å²) in [5, 5.41) is 1.77. The first-order valence-corrected chi connectivity index (χ1v) is 7.71. The van der Waals surface area contributed by atoms with Gasteiger partial charge in [0.25, 0.3) is 5.56 Å². The zero-order chi connectivity index (χ0) is 19.6. The van der Waals surface area contributed by atoms with Crippen molar-refractivity contribution in [1.29, 1.82) is 0 Å². The first kappa shape index (κ1) is 18.2. The summed E-state index contributed by atoms with van der Waals surface area (Å²) >= 11 is 0. The number of carbonyl (C=O) groups is 1. The molecule has 0 unspecified atom stereocenters. The minimum absolute atomic E-state index is 0.0644. The fourth-order valence-electron chi connectivity index (χ4n) is 2.70. The van der Waals surface area contributed by atoms with Crippen molar-refractivity contribution in [2.45, 2.75) is 19.1 Å². The molecule has 8 nitrogen and oxygen atoms in total. The van der Waals surface area contributed by atoms with E-state index in [4.69, 9.17) is 11.0 Å². The van der Waals surface area contributed by atoms with E-state index < -0.39 is 17.6 Å². The van der Waals surface area contributed by atoms with Crippen molar-refractivity contribution in [3.05, 3.63) is 46.5 Å². The molecule has 0 aliphatic rings. The highest BCUT2D eigenvalue weighted by molar-refractivity contribution is 5.98. The molecule has 0 radical (unpaired) electrons. The number of hydrogen-bond acceptors (Lipinski definition) is 4. The Labute approximate surface area is 149 Å². The van der Waals surface area contributed by atoms with Crippen LogP contribution in [0.5, 0.6) is 0 Å². The zero-order valence-electron chi connectivity index (χ0n) is 13.6. The predicted octanol–water partition coefficient (Wildman–Crippen LogP) is 2.60. The number of furan rings is 1. The van der Waals surface area contributed by atoms with Gasteiger partial charge in [0.2, 0.25) is 5.69 Å². The van der Waals surface area contributed by atoms with E-state index in [2.05, 4.69) is 14.8 Å². The number of fused-ring (bicyclic) bond motifs is 1. The second kappa shape index (κ2) is 6.99. The summed E-state index contributed by atoms with van der Waals surface area (Å²) < 4.78 is 43.5. The topological polar surface area (TPSA) is 97.3 Å². The molecule has 0 bridgehead atoms. The van der Waals surface area contributed by atoms with Crippen molar-refractivity contribution >= 4 is 22.6 Å². The van der Waals surface area contributed by atoms with Crippen molar-refractivity contribution < 1.29 is 22.4 Å². The molecule has 0 saturated heterocycles. The van der Waals surface area contributed by atoms with Gasteiger partial charge in [0.05, 0.1) is 24.9 Å². The molecule has 3 rings (SSSR count). The Morgan fingerprint density at radius 3 is 2.85 bits per heavy atom. The Balaban J connectivity index is 1.97. The molecule has 2 N–H and O–H groups in total. The number of rotatable bonds is 5. The fourth-order valence-corrected chi connectivity index (χ4v) is 2.70. The van der Waals surface area contributed by atoms with Gasteiger partial charge in [-0.1, -0.05) is 0 Å². The van der Waals surface area contributed by atoms with Crippen molar-refractivity contribution in [1.82, 2.24) is 19.9 Å². The lowest BCUT2D eigenvalue weighted by atomic mass is 10.2. The lowest BCUT2D eigenvalue weighted by molar-refractivity contribution is -0.173. The first-order valence-electron chi connectivity index (χ1n) is 7.71. The Morgan fingerprint density at radius 2 is 2.22 bits per heavy atom. The summed E-state index contributed by atoms with van der Waals surface area (Å²) in [5.74, 6) is -1.72. The van der Waals surface area contributed by atoms with Crippen LogP contribution in [0, 0.1) is 6.57 Å². The second-order valence-electron chi connectivity index (χ2n) is 5.47. The van der Waals surface area contributed by atoms with Gasteiger partial charge in [0, 0.05) is 13.1 Å². The van der Waals surface area contributed by atoms with E-state index >= 15 is 0 Å². The maximum Gasteiger partial charge on any atom is 0.471 e. The molecule has 0 saturated carbocycles. The number of aromatic amines is 1. The van der Waals surface area contributed by atoms with Crippen LogP contribution in [0.15, 0.2) is 33.9 Å². The number of aryl methyl sites for hydroxylation is 1. The summed E-state index contributed by atoms with van der Waals surface area (Å²) in [7, 11) is 0. The van der Waals surface area contributed by atoms with Crippen LogP contribution >= 0.6 is 0 Å². The van der Waals surface area contributed by atoms with Crippen LogP contribution in [0.4, 0.5) is 18.9 Å².